The molecule has 2 N–H and O–H groups in total. The van der Waals surface area contributed by atoms with Crippen LogP contribution in [0.2, 0.25) is 5.02 Å². The zero-order chi connectivity index (χ0) is 24.2. The Kier molecular flexibility index (Phi) is 6.32. The fourth-order valence-electron chi connectivity index (χ4n) is 3.80. The van der Waals surface area contributed by atoms with Gasteiger partial charge in [0.25, 0.3) is 11.9 Å². The highest BCUT2D eigenvalue weighted by molar-refractivity contribution is 6.32. The Bertz CT molecular complexity index is 1410. The first-order valence-electron chi connectivity index (χ1n) is 11.0. The van der Waals surface area contributed by atoms with Gasteiger partial charge in [0.05, 0.1) is 7.11 Å². The van der Waals surface area contributed by atoms with Crippen molar-refractivity contribution < 1.29 is 9.53 Å². The zero-order valence-corrected chi connectivity index (χ0v) is 19.6. The number of rotatable bonds is 6. The van der Waals surface area contributed by atoms with E-state index in [2.05, 4.69) is 26.8 Å². The minimum absolute atomic E-state index is 0.197. The average Bonchev–Trinajstić information content (AvgIpc) is 3.30. The van der Waals surface area contributed by atoms with E-state index in [4.69, 9.17) is 16.3 Å². The lowest BCUT2D eigenvalue weighted by atomic mass is 10.0. The van der Waals surface area contributed by atoms with E-state index in [1.165, 1.54) is 6.08 Å². The number of methoxy groups -OCH3 is 1. The van der Waals surface area contributed by atoms with Gasteiger partial charge >= 0.3 is 0 Å². The van der Waals surface area contributed by atoms with Crippen molar-refractivity contribution in [2.24, 2.45) is 0 Å². The van der Waals surface area contributed by atoms with Crippen molar-refractivity contribution in [3.8, 4) is 5.75 Å². The molecule has 0 fully saturated rings. The third kappa shape index (κ3) is 4.95. The summed E-state index contributed by atoms with van der Waals surface area (Å²) in [6, 6.07) is 24.9. The largest absolute Gasteiger partial charge is 0.497 e. The summed E-state index contributed by atoms with van der Waals surface area (Å²) in [5, 5.41) is 11.2. The molecule has 1 aliphatic rings. The molecule has 3 aromatic carbocycles. The van der Waals surface area contributed by atoms with Gasteiger partial charge in [0.15, 0.2) is 0 Å². The molecule has 0 saturated heterocycles. The Morgan fingerprint density at radius 2 is 1.80 bits per heavy atom. The second kappa shape index (κ2) is 9.87. The Labute approximate surface area is 207 Å². The van der Waals surface area contributed by atoms with Crippen LogP contribution in [0, 0.1) is 0 Å². The lowest BCUT2D eigenvalue weighted by Gasteiger charge is -2.24. The fraction of sp³-hybridized carbons (Fsp3) is 0.0741. The smallest absolute Gasteiger partial charge is 0.250 e. The standard InChI is InChI=1S/C27H22ClN5O2/c1-35-21-14-11-20(12-15-21)24-17-23(19-8-3-2-4-9-19)29-27-31-26(32-33(24)27)30-25(34)16-13-18-7-5-6-10-22(18)28/h2-17,24H,1H3,(H2,29,30,31,32,34)/b16-13+. The van der Waals surface area contributed by atoms with Crippen molar-refractivity contribution in [1.82, 2.24) is 14.8 Å². The SMILES string of the molecule is COc1ccc(C2C=C(c3ccccc3)Nc3nc(NC(=O)/C=C/c4ccccc4Cl)nn32)cc1. The third-order valence-electron chi connectivity index (χ3n) is 5.56. The van der Waals surface area contributed by atoms with Gasteiger partial charge in [-0.3, -0.25) is 10.1 Å². The number of carbonyl (C=O) groups excluding carboxylic acids is 1. The molecule has 1 aromatic heterocycles. The highest BCUT2D eigenvalue weighted by Gasteiger charge is 2.25. The number of nitrogens with one attached hydrogen (secondary N) is 2. The maximum atomic E-state index is 12.5. The van der Waals surface area contributed by atoms with Crippen LogP contribution < -0.4 is 15.4 Å². The van der Waals surface area contributed by atoms with Crippen LogP contribution in [-0.2, 0) is 4.79 Å². The number of hydrogen-bond acceptors (Lipinski definition) is 5. The minimum atomic E-state index is -0.356. The van der Waals surface area contributed by atoms with Gasteiger partial charge in [0, 0.05) is 16.8 Å². The minimum Gasteiger partial charge on any atom is -0.497 e. The molecule has 0 aliphatic carbocycles. The number of ether oxygens (including phenoxy) is 1. The number of hydrogen-bond donors (Lipinski definition) is 2. The van der Waals surface area contributed by atoms with Crippen molar-refractivity contribution in [2.75, 3.05) is 17.7 Å². The van der Waals surface area contributed by atoms with Crippen molar-refractivity contribution in [2.45, 2.75) is 6.04 Å². The number of amides is 1. The van der Waals surface area contributed by atoms with Crippen LogP contribution in [0.3, 0.4) is 0 Å². The van der Waals surface area contributed by atoms with Crippen LogP contribution in [0.25, 0.3) is 11.8 Å². The van der Waals surface area contributed by atoms with E-state index < -0.39 is 0 Å². The van der Waals surface area contributed by atoms with E-state index in [1.54, 1.807) is 23.9 Å². The van der Waals surface area contributed by atoms with E-state index in [0.717, 1.165) is 28.1 Å². The molecule has 1 amide bonds. The van der Waals surface area contributed by atoms with Crippen molar-refractivity contribution >= 4 is 41.2 Å². The number of halogens is 1. The van der Waals surface area contributed by atoms with Crippen LogP contribution in [-0.4, -0.2) is 27.8 Å². The molecular weight excluding hydrogens is 462 g/mol. The summed E-state index contributed by atoms with van der Waals surface area (Å²) in [4.78, 5) is 17.1. The maximum absolute atomic E-state index is 12.5. The van der Waals surface area contributed by atoms with Crippen LogP contribution in [0.1, 0.15) is 22.7 Å². The second-order valence-corrected chi connectivity index (χ2v) is 8.24. The van der Waals surface area contributed by atoms with Gasteiger partial charge in [-0.1, -0.05) is 72.3 Å². The number of anilines is 2. The molecule has 1 unspecified atom stereocenters. The van der Waals surface area contributed by atoms with E-state index in [0.29, 0.717) is 11.0 Å². The molecule has 5 rings (SSSR count). The first-order chi connectivity index (χ1) is 17.1. The van der Waals surface area contributed by atoms with Gasteiger partial charge < -0.3 is 10.1 Å². The van der Waals surface area contributed by atoms with Crippen molar-refractivity contribution in [3.63, 3.8) is 0 Å². The highest BCUT2D eigenvalue weighted by atomic mass is 35.5. The topological polar surface area (TPSA) is 81.1 Å². The summed E-state index contributed by atoms with van der Waals surface area (Å²) in [6.07, 6.45) is 5.14. The molecule has 2 heterocycles. The van der Waals surface area contributed by atoms with Crippen LogP contribution in [0.4, 0.5) is 11.9 Å². The Morgan fingerprint density at radius 1 is 1.06 bits per heavy atom. The fourth-order valence-corrected chi connectivity index (χ4v) is 4.00. The van der Waals surface area contributed by atoms with Crippen LogP contribution in [0.5, 0.6) is 5.75 Å². The number of allylic oxidation sites excluding steroid dienone is 1. The molecule has 7 nitrogen and oxygen atoms in total. The molecular formula is C27H22ClN5O2. The molecule has 0 radical (unpaired) electrons. The van der Waals surface area contributed by atoms with E-state index >= 15 is 0 Å². The molecule has 1 aliphatic heterocycles. The number of carbonyl (C=O) groups is 1. The zero-order valence-electron chi connectivity index (χ0n) is 18.9. The van der Waals surface area contributed by atoms with Crippen molar-refractivity contribution in [1.29, 1.82) is 0 Å². The number of benzene rings is 3. The predicted octanol–water partition coefficient (Wildman–Crippen LogP) is 5.65. The first kappa shape index (κ1) is 22.4. The molecule has 0 spiro atoms. The monoisotopic (exact) mass is 483 g/mol. The van der Waals surface area contributed by atoms with Gasteiger partial charge in [-0.25, -0.2) is 4.68 Å². The Morgan fingerprint density at radius 3 is 2.54 bits per heavy atom. The third-order valence-corrected chi connectivity index (χ3v) is 5.91. The summed E-state index contributed by atoms with van der Waals surface area (Å²) in [6.45, 7) is 0. The van der Waals surface area contributed by atoms with E-state index in [1.807, 2.05) is 72.8 Å². The molecule has 35 heavy (non-hydrogen) atoms. The summed E-state index contributed by atoms with van der Waals surface area (Å²) in [5.74, 6) is 1.14. The van der Waals surface area contributed by atoms with Gasteiger partial charge in [-0.2, -0.15) is 4.98 Å². The van der Waals surface area contributed by atoms with Crippen molar-refractivity contribution in [3.05, 3.63) is 113 Å². The number of aromatic nitrogens is 3. The number of fused-ring (bicyclic) bond motifs is 1. The van der Waals surface area contributed by atoms with Gasteiger partial charge in [0.1, 0.15) is 11.8 Å². The molecule has 0 bridgehead atoms. The molecule has 1 atom stereocenters. The molecule has 4 aromatic rings. The highest BCUT2D eigenvalue weighted by Crippen LogP contribution is 2.33. The normalized spacial score (nSPS) is 14.7. The Balaban J connectivity index is 1.43. The lowest BCUT2D eigenvalue weighted by Crippen LogP contribution is -2.20. The average molecular weight is 484 g/mol. The molecule has 0 saturated carbocycles. The van der Waals surface area contributed by atoms with Gasteiger partial charge in [-0.05, 0) is 47.0 Å². The maximum Gasteiger partial charge on any atom is 0.250 e. The molecule has 174 valence electrons. The van der Waals surface area contributed by atoms with E-state index in [9.17, 15) is 4.79 Å². The number of nitrogens with zero attached hydrogens (tertiary/aromatic N) is 3. The quantitative estimate of drug-likeness (QED) is 0.346. The Hall–Kier alpha value is -4.36. The van der Waals surface area contributed by atoms with Gasteiger partial charge in [-0.15, -0.1) is 5.10 Å². The summed E-state index contributed by atoms with van der Waals surface area (Å²) >= 11 is 6.16. The summed E-state index contributed by atoms with van der Waals surface area (Å²) < 4.78 is 7.05. The van der Waals surface area contributed by atoms with E-state index in [-0.39, 0.29) is 17.9 Å². The summed E-state index contributed by atoms with van der Waals surface area (Å²) in [5.41, 5.74) is 3.68. The molecule has 8 heteroatoms. The van der Waals surface area contributed by atoms with Gasteiger partial charge in [0.2, 0.25) is 5.95 Å². The second-order valence-electron chi connectivity index (χ2n) is 7.84. The predicted molar refractivity (Wildman–Crippen MR) is 138 cm³/mol. The first-order valence-corrected chi connectivity index (χ1v) is 11.4. The van der Waals surface area contributed by atoms with Crippen LogP contribution in [0.15, 0.2) is 91.0 Å². The summed E-state index contributed by atoms with van der Waals surface area (Å²) in [7, 11) is 1.64. The lowest BCUT2D eigenvalue weighted by molar-refractivity contribution is -0.111. The van der Waals surface area contributed by atoms with Crippen LogP contribution >= 0.6 is 11.6 Å².